The summed E-state index contributed by atoms with van der Waals surface area (Å²) in [6.45, 7) is 0. The number of hydrogen-bond acceptors (Lipinski definition) is 6. The second-order valence-electron chi connectivity index (χ2n) is 5.27. The lowest BCUT2D eigenvalue weighted by Crippen LogP contribution is -2.41. The summed E-state index contributed by atoms with van der Waals surface area (Å²) in [6.07, 6.45) is 2.52. The van der Waals surface area contributed by atoms with Gasteiger partial charge in [0.2, 0.25) is 0 Å². The van der Waals surface area contributed by atoms with Gasteiger partial charge < -0.3 is 10.1 Å². The van der Waals surface area contributed by atoms with Gasteiger partial charge in [0.05, 0.1) is 17.4 Å². The largest absolute Gasteiger partial charge is 0.467 e. The number of carbonyl (C=O) groups is 1. The second-order valence-corrected chi connectivity index (χ2v) is 6.66. The lowest BCUT2D eigenvalue weighted by Gasteiger charge is -2.18. The van der Waals surface area contributed by atoms with Gasteiger partial charge in [-0.2, -0.15) is 11.8 Å². The first kappa shape index (κ1) is 19.1. The van der Waals surface area contributed by atoms with Crippen molar-refractivity contribution in [2.24, 2.45) is 0 Å². The van der Waals surface area contributed by atoms with Gasteiger partial charge in [0.15, 0.2) is 0 Å². The average molecular weight is 378 g/mol. The van der Waals surface area contributed by atoms with Crippen LogP contribution < -0.4 is 5.32 Å². The number of rotatable bonds is 7. The number of nitro benzene ring substituents is 1. The number of nitro groups is 1. The van der Waals surface area contributed by atoms with E-state index in [1.807, 2.05) is 6.26 Å². The number of thioether (sulfide) groups is 1. The van der Waals surface area contributed by atoms with Crippen molar-refractivity contribution in [3.05, 3.63) is 52.1 Å². The Morgan fingerprint density at radius 1 is 1.32 bits per heavy atom. The molecule has 0 amide bonds. The number of hydrogen-bond donors (Lipinski definition) is 1. The molecule has 25 heavy (non-hydrogen) atoms. The van der Waals surface area contributed by atoms with Crippen LogP contribution in [0.5, 0.6) is 0 Å². The number of ether oxygens (including phenoxy) is 1. The number of benzene rings is 2. The SMILES string of the molecule is COC(=O)[C@H](CCSC)NC(=S)c1cccc2c([N+](=O)[O-])cccc12. The fourth-order valence-corrected chi connectivity index (χ4v) is 3.31. The minimum absolute atomic E-state index is 0.0223. The maximum absolute atomic E-state index is 11.9. The van der Waals surface area contributed by atoms with E-state index in [1.54, 1.807) is 42.1 Å². The Morgan fingerprint density at radius 3 is 2.64 bits per heavy atom. The van der Waals surface area contributed by atoms with Crippen molar-refractivity contribution in [2.75, 3.05) is 19.1 Å². The predicted octanol–water partition coefficient (Wildman–Crippen LogP) is 3.31. The van der Waals surface area contributed by atoms with Crippen LogP contribution in [0.2, 0.25) is 0 Å². The van der Waals surface area contributed by atoms with Crippen molar-refractivity contribution >= 4 is 51.4 Å². The lowest BCUT2D eigenvalue weighted by molar-refractivity contribution is -0.383. The summed E-state index contributed by atoms with van der Waals surface area (Å²) < 4.78 is 4.82. The highest BCUT2D eigenvalue weighted by Gasteiger charge is 2.21. The van der Waals surface area contributed by atoms with Crippen LogP contribution in [-0.4, -0.2) is 41.0 Å². The molecule has 0 radical (unpaired) electrons. The van der Waals surface area contributed by atoms with Crippen LogP contribution in [0.15, 0.2) is 36.4 Å². The molecule has 132 valence electrons. The maximum Gasteiger partial charge on any atom is 0.328 e. The van der Waals surface area contributed by atoms with Crippen molar-refractivity contribution in [3.63, 3.8) is 0 Å². The van der Waals surface area contributed by atoms with E-state index in [4.69, 9.17) is 17.0 Å². The first-order chi connectivity index (χ1) is 12.0. The fraction of sp³-hybridized carbons (Fsp3) is 0.294. The number of esters is 1. The van der Waals surface area contributed by atoms with Crippen LogP contribution in [0.1, 0.15) is 12.0 Å². The quantitative estimate of drug-likeness (QED) is 0.343. The number of thiocarbonyl (C=S) groups is 1. The molecular weight excluding hydrogens is 360 g/mol. The van der Waals surface area contributed by atoms with E-state index in [-0.39, 0.29) is 11.7 Å². The van der Waals surface area contributed by atoms with E-state index in [2.05, 4.69) is 5.32 Å². The van der Waals surface area contributed by atoms with Crippen molar-refractivity contribution in [1.29, 1.82) is 0 Å². The van der Waals surface area contributed by atoms with Gasteiger partial charge in [0.25, 0.3) is 5.69 Å². The van der Waals surface area contributed by atoms with Gasteiger partial charge in [-0.05, 0) is 29.9 Å². The molecule has 0 saturated heterocycles. The second kappa shape index (κ2) is 8.77. The van der Waals surface area contributed by atoms with Gasteiger partial charge in [0.1, 0.15) is 11.0 Å². The van der Waals surface area contributed by atoms with Crippen LogP contribution >= 0.6 is 24.0 Å². The van der Waals surface area contributed by atoms with Crippen molar-refractivity contribution in [3.8, 4) is 0 Å². The zero-order chi connectivity index (χ0) is 18.4. The topological polar surface area (TPSA) is 81.5 Å². The summed E-state index contributed by atoms with van der Waals surface area (Å²) in [5, 5.41) is 15.4. The van der Waals surface area contributed by atoms with Crippen molar-refractivity contribution in [1.82, 2.24) is 5.32 Å². The van der Waals surface area contributed by atoms with Gasteiger partial charge in [-0.3, -0.25) is 10.1 Å². The molecule has 0 aliphatic carbocycles. The third-order valence-electron chi connectivity index (χ3n) is 3.74. The van der Waals surface area contributed by atoms with E-state index in [0.29, 0.717) is 27.7 Å². The number of nitrogens with one attached hydrogen (secondary N) is 1. The molecule has 0 spiro atoms. The standard InChI is InChI=1S/C17H18N2O4S2/c1-23-17(20)14(9-10-25-2)18-16(24)13-7-3-6-12-11(13)5-4-8-15(12)19(21)22/h3-8,14H,9-10H2,1-2H3,(H,18,24)/t14-/m0/s1. The first-order valence-electron chi connectivity index (χ1n) is 7.53. The predicted molar refractivity (Wildman–Crippen MR) is 104 cm³/mol. The molecular formula is C17H18N2O4S2. The summed E-state index contributed by atoms with van der Waals surface area (Å²) in [4.78, 5) is 23.1. The molecule has 0 bridgehead atoms. The fourth-order valence-electron chi connectivity index (χ4n) is 2.51. The molecule has 1 atom stereocenters. The Morgan fingerprint density at radius 2 is 2.00 bits per heavy atom. The molecule has 0 saturated carbocycles. The zero-order valence-corrected chi connectivity index (χ0v) is 15.5. The summed E-state index contributed by atoms with van der Waals surface area (Å²) in [5.41, 5.74) is 0.670. The Hall–Kier alpha value is -2.19. The molecule has 8 heteroatoms. The molecule has 1 N–H and O–H groups in total. The van der Waals surface area contributed by atoms with Crippen LogP contribution in [0, 0.1) is 10.1 Å². The summed E-state index contributed by atoms with van der Waals surface area (Å²) >= 11 is 7.08. The molecule has 0 heterocycles. The summed E-state index contributed by atoms with van der Waals surface area (Å²) in [5.74, 6) is 0.388. The third-order valence-corrected chi connectivity index (χ3v) is 4.72. The van der Waals surface area contributed by atoms with E-state index < -0.39 is 11.0 Å². The smallest absolute Gasteiger partial charge is 0.328 e. The van der Waals surface area contributed by atoms with Crippen LogP contribution in [0.25, 0.3) is 10.8 Å². The molecule has 2 aromatic carbocycles. The molecule has 0 aliphatic rings. The number of non-ortho nitro benzene ring substituents is 1. The van der Waals surface area contributed by atoms with Crippen LogP contribution in [0.3, 0.4) is 0 Å². The molecule has 2 aromatic rings. The van der Waals surface area contributed by atoms with Gasteiger partial charge >= 0.3 is 5.97 Å². The van der Waals surface area contributed by atoms with E-state index in [0.717, 1.165) is 5.75 Å². The molecule has 6 nitrogen and oxygen atoms in total. The molecule has 0 aromatic heterocycles. The molecule has 0 unspecified atom stereocenters. The van der Waals surface area contributed by atoms with Crippen LogP contribution in [-0.2, 0) is 9.53 Å². The highest BCUT2D eigenvalue weighted by atomic mass is 32.2. The monoisotopic (exact) mass is 378 g/mol. The Bertz CT molecular complexity index is 810. The Kier molecular flexibility index (Phi) is 6.72. The van der Waals surface area contributed by atoms with Gasteiger partial charge in [-0.25, -0.2) is 4.79 Å². The summed E-state index contributed by atoms with van der Waals surface area (Å²) in [6, 6.07) is 9.49. The number of nitrogens with zero attached hydrogens (tertiary/aromatic N) is 1. The number of carbonyl (C=O) groups excluding carboxylic acids is 1. The van der Waals surface area contributed by atoms with Gasteiger partial charge in [0, 0.05) is 11.6 Å². The Labute approximate surface area is 155 Å². The number of fused-ring (bicyclic) bond motifs is 1. The van der Waals surface area contributed by atoms with Crippen molar-refractivity contribution < 1.29 is 14.5 Å². The minimum Gasteiger partial charge on any atom is -0.467 e. The Balaban J connectivity index is 2.37. The van der Waals surface area contributed by atoms with Crippen molar-refractivity contribution in [2.45, 2.75) is 12.5 Å². The molecule has 0 aliphatic heterocycles. The maximum atomic E-state index is 11.9. The van der Waals surface area contributed by atoms with E-state index in [1.165, 1.54) is 13.2 Å². The van der Waals surface area contributed by atoms with Gasteiger partial charge in [-0.15, -0.1) is 0 Å². The highest BCUT2D eigenvalue weighted by Crippen LogP contribution is 2.28. The van der Waals surface area contributed by atoms with E-state index >= 15 is 0 Å². The average Bonchev–Trinajstić information content (AvgIpc) is 2.63. The highest BCUT2D eigenvalue weighted by molar-refractivity contribution is 7.98. The summed E-state index contributed by atoms with van der Waals surface area (Å²) in [7, 11) is 1.33. The van der Waals surface area contributed by atoms with Crippen LogP contribution in [0.4, 0.5) is 5.69 Å². The molecule has 0 fully saturated rings. The van der Waals surface area contributed by atoms with Gasteiger partial charge in [-0.1, -0.05) is 36.5 Å². The van der Waals surface area contributed by atoms with E-state index in [9.17, 15) is 14.9 Å². The lowest BCUT2D eigenvalue weighted by atomic mass is 10.0. The number of methoxy groups -OCH3 is 1. The molecule has 2 rings (SSSR count). The zero-order valence-electron chi connectivity index (χ0n) is 13.9. The third kappa shape index (κ3) is 4.46. The minimum atomic E-state index is -0.557. The first-order valence-corrected chi connectivity index (χ1v) is 9.33. The normalized spacial score (nSPS) is 11.8.